The van der Waals surface area contributed by atoms with E-state index in [0.717, 1.165) is 35.2 Å². The Morgan fingerprint density at radius 1 is 1.44 bits per heavy atom. The van der Waals surface area contributed by atoms with Gasteiger partial charge in [0.2, 0.25) is 5.91 Å². The average molecular weight is 343 g/mol. The first-order valence-electron chi connectivity index (χ1n) is 8.59. The van der Waals surface area contributed by atoms with Crippen molar-refractivity contribution in [2.24, 2.45) is 5.41 Å². The van der Waals surface area contributed by atoms with Gasteiger partial charge in [-0.15, -0.1) is 0 Å². The van der Waals surface area contributed by atoms with Crippen molar-refractivity contribution in [3.63, 3.8) is 0 Å². The molecular formula is C19H25N3O3. The molecule has 2 N–H and O–H groups in total. The molecule has 0 radical (unpaired) electrons. The van der Waals surface area contributed by atoms with Gasteiger partial charge in [0.1, 0.15) is 0 Å². The van der Waals surface area contributed by atoms with E-state index in [1.54, 1.807) is 19.2 Å². The Hall–Kier alpha value is -2.18. The van der Waals surface area contributed by atoms with Gasteiger partial charge in [-0.25, -0.2) is 0 Å². The quantitative estimate of drug-likeness (QED) is 0.787. The maximum absolute atomic E-state index is 11.1. The molecule has 2 aromatic rings. The molecule has 2 heterocycles. The highest BCUT2D eigenvalue weighted by molar-refractivity contribution is 5.86. The third-order valence-electron chi connectivity index (χ3n) is 4.62. The van der Waals surface area contributed by atoms with Gasteiger partial charge in [-0.2, -0.15) is 0 Å². The second-order valence-corrected chi connectivity index (χ2v) is 6.99. The highest BCUT2D eigenvalue weighted by atomic mass is 16.6. The van der Waals surface area contributed by atoms with Crippen LogP contribution in [0.25, 0.3) is 10.9 Å². The summed E-state index contributed by atoms with van der Waals surface area (Å²) in [7, 11) is 0. The number of nitrogens with zero attached hydrogens (tertiary/aromatic N) is 2. The van der Waals surface area contributed by atoms with Crippen molar-refractivity contribution >= 4 is 22.5 Å². The summed E-state index contributed by atoms with van der Waals surface area (Å²) in [6.45, 7) is 8.45. The molecule has 3 rings (SSSR count). The topological polar surface area (TPSA) is 74.7 Å². The summed E-state index contributed by atoms with van der Waals surface area (Å²) in [6.07, 6.45) is 0.737. The Labute approximate surface area is 147 Å². The highest BCUT2D eigenvalue weighted by Crippen LogP contribution is 2.36. The number of carbonyl (C=O) groups excluding carboxylic acids is 1. The molecule has 0 spiro atoms. The van der Waals surface area contributed by atoms with E-state index in [2.05, 4.69) is 28.2 Å². The van der Waals surface area contributed by atoms with E-state index < -0.39 is 6.29 Å². The largest absolute Gasteiger partial charge is 0.370 e. The third-order valence-corrected chi connectivity index (χ3v) is 4.62. The van der Waals surface area contributed by atoms with Crippen molar-refractivity contribution in [2.75, 3.05) is 31.1 Å². The van der Waals surface area contributed by atoms with Crippen molar-refractivity contribution in [1.82, 2.24) is 10.3 Å². The lowest BCUT2D eigenvalue weighted by molar-refractivity contribution is -0.119. The number of anilines is 1. The van der Waals surface area contributed by atoms with E-state index in [-0.39, 0.29) is 11.3 Å². The molecule has 1 amide bonds. The lowest BCUT2D eigenvalue weighted by Gasteiger charge is -2.49. The fourth-order valence-electron chi connectivity index (χ4n) is 3.32. The van der Waals surface area contributed by atoms with E-state index >= 15 is 0 Å². The van der Waals surface area contributed by atoms with Gasteiger partial charge in [-0.3, -0.25) is 9.78 Å². The normalized spacial score (nSPS) is 17.2. The van der Waals surface area contributed by atoms with Gasteiger partial charge in [0.15, 0.2) is 6.29 Å². The zero-order chi connectivity index (χ0) is 18.0. The molecule has 1 aromatic carbocycles. The Morgan fingerprint density at radius 3 is 2.88 bits per heavy atom. The lowest BCUT2D eigenvalue weighted by Crippen LogP contribution is -2.59. The molecule has 6 heteroatoms. The van der Waals surface area contributed by atoms with E-state index in [1.165, 1.54) is 0 Å². The van der Waals surface area contributed by atoms with Gasteiger partial charge >= 0.3 is 0 Å². The van der Waals surface area contributed by atoms with Gasteiger partial charge in [-0.1, -0.05) is 6.92 Å². The van der Waals surface area contributed by atoms with Crippen molar-refractivity contribution in [2.45, 2.75) is 27.1 Å². The number of ether oxygens (including phenoxy) is 1. The van der Waals surface area contributed by atoms with Crippen LogP contribution in [-0.4, -0.2) is 42.2 Å². The first-order valence-corrected chi connectivity index (χ1v) is 8.59. The molecule has 0 aliphatic carbocycles. The van der Waals surface area contributed by atoms with E-state index in [9.17, 15) is 9.90 Å². The lowest BCUT2D eigenvalue weighted by atomic mass is 9.81. The number of rotatable bonds is 6. The smallest absolute Gasteiger partial charge is 0.216 e. The summed E-state index contributed by atoms with van der Waals surface area (Å²) < 4.78 is 5.34. The second kappa shape index (κ2) is 6.98. The summed E-state index contributed by atoms with van der Waals surface area (Å²) in [4.78, 5) is 17.8. The van der Waals surface area contributed by atoms with Gasteiger partial charge in [0.05, 0.1) is 5.52 Å². The van der Waals surface area contributed by atoms with Crippen LogP contribution in [-0.2, 0) is 9.53 Å². The fourth-order valence-corrected chi connectivity index (χ4v) is 3.32. The van der Waals surface area contributed by atoms with Gasteiger partial charge in [0, 0.05) is 61.4 Å². The number of hydrogen-bond acceptors (Lipinski definition) is 5. The molecule has 1 unspecified atom stereocenters. The van der Waals surface area contributed by atoms with Crippen molar-refractivity contribution in [1.29, 1.82) is 0 Å². The van der Waals surface area contributed by atoms with Gasteiger partial charge < -0.3 is 20.1 Å². The summed E-state index contributed by atoms with van der Waals surface area (Å²) in [5.74, 6) is 0.00556. The molecule has 0 bridgehead atoms. The summed E-state index contributed by atoms with van der Waals surface area (Å²) in [5.41, 5.74) is 2.74. The van der Waals surface area contributed by atoms with Crippen LogP contribution in [0.5, 0.6) is 0 Å². The molecule has 1 aromatic heterocycles. The minimum atomic E-state index is -0.952. The van der Waals surface area contributed by atoms with Gasteiger partial charge in [0.25, 0.3) is 0 Å². The number of nitrogens with one attached hydrogen (secondary N) is 1. The molecule has 1 aliphatic heterocycles. The van der Waals surface area contributed by atoms with E-state index in [4.69, 9.17) is 4.74 Å². The van der Waals surface area contributed by atoms with Crippen LogP contribution >= 0.6 is 0 Å². The van der Waals surface area contributed by atoms with Crippen LogP contribution in [0.15, 0.2) is 30.5 Å². The SMILES string of the molecule is CCOC(O)c1ccnc2ccc(N3CC(C)(CNC(C)=O)C3)cc12. The molecule has 1 aliphatic rings. The number of aliphatic hydroxyl groups excluding tert-OH is 1. The van der Waals surface area contributed by atoms with E-state index in [1.807, 2.05) is 19.1 Å². The molecule has 1 atom stereocenters. The summed E-state index contributed by atoms with van der Waals surface area (Å²) >= 11 is 0. The molecule has 1 fully saturated rings. The van der Waals surface area contributed by atoms with Crippen LogP contribution in [0.4, 0.5) is 5.69 Å². The second-order valence-electron chi connectivity index (χ2n) is 6.99. The Morgan fingerprint density at radius 2 is 2.20 bits per heavy atom. The Balaban J connectivity index is 1.80. The third kappa shape index (κ3) is 3.75. The monoisotopic (exact) mass is 343 g/mol. The van der Waals surface area contributed by atoms with Crippen LogP contribution in [0.3, 0.4) is 0 Å². The zero-order valence-electron chi connectivity index (χ0n) is 15.0. The number of fused-ring (bicyclic) bond motifs is 1. The zero-order valence-corrected chi connectivity index (χ0v) is 15.0. The van der Waals surface area contributed by atoms with Crippen LogP contribution in [0.2, 0.25) is 0 Å². The Bertz CT molecular complexity index is 772. The molecule has 6 nitrogen and oxygen atoms in total. The molecule has 1 saturated heterocycles. The Kier molecular flexibility index (Phi) is 4.92. The molecule has 25 heavy (non-hydrogen) atoms. The van der Waals surface area contributed by atoms with Crippen molar-refractivity contribution in [3.8, 4) is 0 Å². The van der Waals surface area contributed by atoms with Crippen LogP contribution < -0.4 is 10.2 Å². The minimum absolute atomic E-state index is 0.00556. The number of carbonyl (C=O) groups is 1. The number of benzene rings is 1. The summed E-state index contributed by atoms with van der Waals surface area (Å²) in [5, 5.41) is 14.0. The molecule has 134 valence electrons. The highest BCUT2D eigenvalue weighted by Gasteiger charge is 2.38. The van der Waals surface area contributed by atoms with Crippen LogP contribution in [0, 0.1) is 5.41 Å². The first kappa shape index (κ1) is 17.6. The molecular weight excluding hydrogens is 318 g/mol. The first-order chi connectivity index (χ1) is 11.9. The maximum Gasteiger partial charge on any atom is 0.216 e. The standard InChI is InChI=1S/C19H25N3O3/c1-4-25-18(24)15-7-8-20-17-6-5-14(9-16(15)17)22-11-19(3,12-22)10-21-13(2)23/h5-9,18,24H,4,10-12H2,1-3H3,(H,21,23). The van der Waals surface area contributed by atoms with Gasteiger partial charge in [-0.05, 0) is 31.2 Å². The number of amides is 1. The maximum atomic E-state index is 11.1. The molecule has 0 saturated carbocycles. The van der Waals surface area contributed by atoms with Crippen molar-refractivity contribution < 1.29 is 14.6 Å². The number of aromatic nitrogens is 1. The number of hydrogen-bond donors (Lipinski definition) is 2. The minimum Gasteiger partial charge on any atom is -0.370 e. The predicted octanol–water partition coefficient (Wildman–Crippen LogP) is 2.22. The van der Waals surface area contributed by atoms with Crippen molar-refractivity contribution in [3.05, 3.63) is 36.0 Å². The van der Waals surface area contributed by atoms with E-state index in [0.29, 0.717) is 13.2 Å². The number of pyridine rings is 1. The van der Waals surface area contributed by atoms with Crippen LogP contribution in [0.1, 0.15) is 32.6 Å². The average Bonchev–Trinajstić information content (AvgIpc) is 2.56. The summed E-state index contributed by atoms with van der Waals surface area (Å²) in [6, 6.07) is 7.86. The number of aliphatic hydroxyl groups is 1. The fraction of sp³-hybridized carbons (Fsp3) is 0.474. The predicted molar refractivity (Wildman–Crippen MR) is 97.3 cm³/mol.